The van der Waals surface area contributed by atoms with Crippen LogP contribution in [0.25, 0.3) is 0 Å². The summed E-state index contributed by atoms with van der Waals surface area (Å²) >= 11 is 0. The van der Waals surface area contributed by atoms with Crippen LogP contribution in [-0.2, 0) is 4.79 Å². The van der Waals surface area contributed by atoms with Gasteiger partial charge < -0.3 is 20.4 Å². The highest BCUT2D eigenvalue weighted by Crippen LogP contribution is 2.17. The van der Waals surface area contributed by atoms with E-state index in [0.717, 1.165) is 38.4 Å². The maximum atomic E-state index is 12.4. The third kappa shape index (κ3) is 5.04. The molecule has 7 heteroatoms. The number of hydrogen-bond acceptors (Lipinski definition) is 5. The fraction of sp³-hybridized carbons (Fsp3) is 0.350. The fourth-order valence-electron chi connectivity index (χ4n) is 3.07. The van der Waals surface area contributed by atoms with E-state index in [4.69, 9.17) is 0 Å². The number of carbonyl (C=O) groups excluding carboxylic acids is 2. The first kappa shape index (κ1) is 18.8. The molecule has 142 valence electrons. The van der Waals surface area contributed by atoms with Gasteiger partial charge in [-0.15, -0.1) is 0 Å². The Hall–Kier alpha value is -2.93. The summed E-state index contributed by atoms with van der Waals surface area (Å²) in [7, 11) is 0. The van der Waals surface area contributed by atoms with Gasteiger partial charge in [-0.25, -0.2) is 4.98 Å². The molecule has 1 aromatic carbocycles. The van der Waals surface area contributed by atoms with Crippen molar-refractivity contribution in [2.45, 2.75) is 13.8 Å². The van der Waals surface area contributed by atoms with E-state index in [1.165, 1.54) is 6.92 Å². The van der Waals surface area contributed by atoms with Crippen LogP contribution in [0, 0.1) is 0 Å². The first-order chi connectivity index (χ1) is 13.0. The van der Waals surface area contributed by atoms with Crippen molar-refractivity contribution in [3.63, 3.8) is 0 Å². The van der Waals surface area contributed by atoms with Gasteiger partial charge in [-0.1, -0.05) is 6.92 Å². The Kier molecular flexibility index (Phi) is 6.03. The molecule has 0 radical (unpaired) electrons. The normalized spacial score (nSPS) is 14.7. The van der Waals surface area contributed by atoms with Crippen LogP contribution >= 0.6 is 0 Å². The average Bonchev–Trinajstić information content (AvgIpc) is 2.69. The van der Waals surface area contributed by atoms with Gasteiger partial charge in [0.25, 0.3) is 5.91 Å². The van der Waals surface area contributed by atoms with Gasteiger partial charge in [0.15, 0.2) is 0 Å². The zero-order valence-electron chi connectivity index (χ0n) is 15.7. The van der Waals surface area contributed by atoms with Crippen molar-refractivity contribution in [3.8, 4) is 0 Å². The number of benzene rings is 1. The Labute approximate surface area is 159 Å². The number of likely N-dealkylation sites (N-methyl/N-ethyl adjacent to an activating group) is 1. The maximum absolute atomic E-state index is 12.4. The van der Waals surface area contributed by atoms with Crippen LogP contribution in [0.5, 0.6) is 0 Å². The first-order valence-electron chi connectivity index (χ1n) is 9.17. The number of carbonyl (C=O) groups is 2. The molecule has 0 bridgehead atoms. The van der Waals surface area contributed by atoms with Crippen LogP contribution in [0.4, 0.5) is 17.1 Å². The molecule has 0 saturated carbocycles. The SMILES string of the molecule is CCN1CCN(c2ccc(C(=O)Nc3ccc(NC(C)=O)cc3)nc2)CC1. The summed E-state index contributed by atoms with van der Waals surface area (Å²) in [4.78, 5) is 32.5. The monoisotopic (exact) mass is 367 g/mol. The van der Waals surface area contributed by atoms with Gasteiger partial charge in [0.05, 0.1) is 11.9 Å². The molecular formula is C20H25N5O2. The predicted molar refractivity (Wildman–Crippen MR) is 107 cm³/mol. The van der Waals surface area contributed by atoms with E-state index in [0.29, 0.717) is 17.1 Å². The topological polar surface area (TPSA) is 77.6 Å². The minimum Gasteiger partial charge on any atom is -0.368 e. The lowest BCUT2D eigenvalue weighted by Crippen LogP contribution is -2.46. The molecule has 0 atom stereocenters. The molecule has 0 spiro atoms. The van der Waals surface area contributed by atoms with Crippen molar-refractivity contribution < 1.29 is 9.59 Å². The predicted octanol–water partition coefficient (Wildman–Crippen LogP) is 2.43. The quantitative estimate of drug-likeness (QED) is 0.849. The lowest BCUT2D eigenvalue weighted by atomic mass is 10.2. The van der Waals surface area contributed by atoms with Gasteiger partial charge in [0.1, 0.15) is 5.69 Å². The van der Waals surface area contributed by atoms with E-state index in [1.807, 2.05) is 6.07 Å². The number of anilines is 3. The molecule has 1 saturated heterocycles. The van der Waals surface area contributed by atoms with Gasteiger partial charge in [0.2, 0.25) is 5.91 Å². The van der Waals surface area contributed by atoms with E-state index in [2.05, 4.69) is 32.3 Å². The van der Waals surface area contributed by atoms with Crippen molar-refractivity contribution in [2.24, 2.45) is 0 Å². The number of nitrogens with zero attached hydrogens (tertiary/aromatic N) is 3. The highest BCUT2D eigenvalue weighted by Gasteiger charge is 2.16. The van der Waals surface area contributed by atoms with Crippen LogP contribution in [0.2, 0.25) is 0 Å². The summed E-state index contributed by atoms with van der Waals surface area (Å²) in [6.07, 6.45) is 1.76. The Balaban J connectivity index is 1.58. The zero-order chi connectivity index (χ0) is 19.2. The Morgan fingerprint density at radius 1 is 0.963 bits per heavy atom. The second kappa shape index (κ2) is 8.64. The van der Waals surface area contributed by atoms with Crippen molar-refractivity contribution in [1.82, 2.24) is 9.88 Å². The molecule has 2 heterocycles. The van der Waals surface area contributed by atoms with Crippen molar-refractivity contribution >= 4 is 28.9 Å². The Morgan fingerprint density at radius 2 is 1.59 bits per heavy atom. The zero-order valence-corrected chi connectivity index (χ0v) is 15.7. The van der Waals surface area contributed by atoms with E-state index in [1.54, 1.807) is 36.5 Å². The summed E-state index contributed by atoms with van der Waals surface area (Å²) in [6, 6.07) is 10.7. The molecular weight excluding hydrogens is 342 g/mol. The third-order valence-corrected chi connectivity index (χ3v) is 4.63. The molecule has 0 unspecified atom stereocenters. The maximum Gasteiger partial charge on any atom is 0.274 e. The van der Waals surface area contributed by atoms with E-state index in [-0.39, 0.29) is 11.8 Å². The summed E-state index contributed by atoms with van der Waals surface area (Å²) in [5.74, 6) is -0.392. The minimum absolute atomic E-state index is 0.132. The number of nitrogens with one attached hydrogen (secondary N) is 2. The Morgan fingerprint density at radius 3 is 2.11 bits per heavy atom. The molecule has 2 amide bonds. The average molecular weight is 367 g/mol. The lowest BCUT2D eigenvalue weighted by Gasteiger charge is -2.35. The van der Waals surface area contributed by atoms with E-state index in [9.17, 15) is 9.59 Å². The van der Waals surface area contributed by atoms with Crippen LogP contribution in [0.1, 0.15) is 24.3 Å². The van der Waals surface area contributed by atoms with Crippen molar-refractivity contribution in [2.75, 3.05) is 48.3 Å². The van der Waals surface area contributed by atoms with E-state index >= 15 is 0 Å². The second-order valence-corrected chi connectivity index (χ2v) is 6.54. The van der Waals surface area contributed by atoms with E-state index < -0.39 is 0 Å². The summed E-state index contributed by atoms with van der Waals surface area (Å²) in [5, 5.41) is 5.51. The van der Waals surface area contributed by atoms with Crippen molar-refractivity contribution in [3.05, 3.63) is 48.3 Å². The lowest BCUT2D eigenvalue weighted by molar-refractivity contribution is -0.114. The summed E-state index contributed by atoms with van der Waals surface area (Å²) in [6.45, 7) is 8.76. The smallest absolute Gasteiger partial charge is 0.274 e. The number of piperazine rings is 1. The van der Waals surface area contributed by atoms with Crippen LogP contribution in [0.15, 0.2) is 42.6 Å². The minimum atomic E-state index is -0.260. The molecule has 2 N–H and O–H groups in total. The molecule has 7 nitrogen and oxygen atoms in total. The Bertz CT molecular complexity index is 781. The third-order valence-electron chi connectivity index (χ3n) is 4.63. The molecule has 2 aromatic rings. The van der Waals surface area contributed by atoms with Gasteiger partial charge in [-0.3, -0.25) is 9.59 Å². The second-order valence-electron chi connectivity index (χ2n) is 6.54. The van der Waals surface area contributed by atoms with Crippen LogP contribution in [0.3, 0.4) is 0 Å². The molecule has 3 rings (SSSR count). The standard InChI is InChI=1S/C20H25N5O2/c1-3-24-10-12-25(13-11-24)18-8-9-19(21-14-18)20(27)23-17-6-4-16(5-7-17)22-15(2)26/h4-9,14H,3,10-13H2,1-2H3,(H,22,26)(H,23,27). The number of amides is 2. The first-order valence-corrected chi connectivity index (χ1v) is 9.17. The largest absolute Gasteiger partial charge is 0.368 e. The van der Waals surface area contributed by atoms with Gasteiger partial charge in [-0.2, -0.15) is 0 Å². The number of hydrogen-bond donors (Lipinski definition) is 2. The highest BCUT2D eigenvalue weighted by molar-refractivity contribution is 6.03. The van der Waals surface area contributed by atoms with Gasteiger partial charge >= 0.3 is 0 Å². The van der Waals surface area contributed by atoms with Crippen LogP contribution < -0.4 is 15.5 Å². The molecule has 1 aromatic heterocycles. The number of rotatable bonds is 5. The highest BCUT2D eigenvalue weighted by atomic mass is 16.2. The molecule has 1 aliphatic rings. The van der Waals surface area contributed by atoms with Gasteiger partial charge in [0, 0.05) is 44.5 Å². The summed E-state index contributed by atoms with van der Waals surface area (Å²) in [5.41, 5.74) is 2.75. The molecule has 1 fully saturated rings. The molecule has 0 aliphatic carbocycles. The van der Waals surface area contributed by atoms with Crippen molar-refractivity contribution in [1.29, 1.82) is 0 Å². The number of aromatic nitrogens is 1. The number of pyridine rings is 1. The fourth-order valence-corrected chi connectivity index (χ4v) is 3.07. The van der Waals surface area contributed by atoms with Gasteiger partial charge in [-0.05, 0) is 42.9 Å². The molecule has 1 aliphatic heterocycles. The van der Waals surface area contributed by atoms with Crippen LogP contribution in [-0.4, -0.2) is 54.4 Å². The molecule has 27 heavy (non-hydrogen) atoms. The summed E-state index contributed by atoms with van der Waals surface area (Å²) < 4.78 is 0.